The smallest absolute Gasteiger partial charge is 0.270 e. The molecule has 0 spiro atoms. The Kier molecular flexibility index (Phi) is 5.89. The maximum Gasteiger partial charge on any atom is 0.270 e. The van der Waals surface area contributed by atoms with Gasteiger partial charge in [-0.15, -0.1) is 29.3 Å². The fraction of sp³-hybridized carbons (Fsp3) is 0.400. The van der Waals surface area contributed by atoms with E-state index in [1.165, 1.54) is 22.6 Å². The molecule has 0 bridgehead atoms. The molecular formula is C20H22N4O2S3. The van der Waals surface area contributed by atoms with E-state index in [-0.39, 0.29) is 11.5 Å². The summed E-state index contributed by atoms with van der Waals surface area (Å²) < 4.78 is 0. The lowest BCUT2D eigenvalue weighted by atomic mass is 10.0. The number of thioether (sulfide) groups is 1. The van der Waals surface area contributed by atoms with Gasteiger partial charge in [0.1, 0.15) is 10.7 Å². The Hall–Kier alpha value is -1.97. The van der Waals surface area contributed by atoms with Gasteiger partial charge in [0.05, 0.1) is 21.7 Å². The number of carbonyl (C=O) groups is 1. The van der Waals surface area contributed by atoms with E-state index in [1.807, 2.05) is 13.2 Å². The zero-order valence-corrected chi connectivity index (χ0v) is 18.9. The fourth-order valence-electron chi connectivity index (χ4n) is 3.55. The molecule has 0 unspecified atom stereocenters. The first-order chi connectivity index (χ1) is 14.0. The van der Waals surface area contributed by atoms with Crippen molar-refractivity contribution in [1.82, 2.24) is 15.0 Å². The minimum absolute atomic E-state index is 0.151. The van der Waals surface area contributed by atoms with Crippen molar-refractivity contribution >= 4 is 55.7 Å². The van der Waals surface area contributed by atoms with Crippen LogP contribution in [0, 0.1) is 6.92 Å². The van der Waals surface area contributed by atoms with Crippen LogP contribution in [0.2, 0.25) is 0 Å². The lowest BCUT2D eigenvalue weighted by molar-refractivity contribution is 0.0993. The number of thiophene rings is 1. The second-order valence-corrected chi connectivity index (χ2v) is 9.89. The van der Waals surface area contributed by atoms with E-state index in [9.17, 15) is 9.59 Å². The molecule has 0 aromatic carbocycles. The summed E-state index contributed by atoms with van der Waals surface area (Å²) >= 11 is 4.47. The van der Waals surface area contributed by atoms with Gasteiger partial charge in [0.25, 0.3) is 11.5 Å². The maximum absolute atomic E-state index is 13.5. The van der Waals surface area contributed by atoms with Crippen molar-refractivity contribution in [3.63, 3.8) is 0 Å². The monoisotopic (exact) mass is 446 g/mol. The van der Waals surface area contributed by atoms with Crippen LogP contribution in [0.15, 0.2) is 17.4 Å². The zero-order chi connectivity index (χ0) is 20.5. The van der Waals surface area contributed by atoms with Crippen molar-refractivity contribution in [2.45, 2.75) is 38.4 Å². The number of aromatic nitrogens is 3. The van der Waals surface area contributed by atoms with Crippen LogP contribution >= 0.6 is 34.4 Å². The van der Waals surface area contributed by atoms with Crippen molar-refractivity contribution in [2.75, 3.05) is 17.7 Å². The number of thiazole rings is 1. The lowest BCUT2D eigenvalue weighted by Crippen LogP contribution is -2.30. The van der Waals surface area contributed by atoms with E-state index in [1.54, 1.807) is 34.1 Å². The molecule has 1 N–H and O–H groups in total. The number of carbonyl (C=O) groups excluding carboxylic acids is 1. The predicted octanol–water partition coefficient (Wildman–Crippen LogP) is 4.32. The molecule has 0 aliphatic heterocycles. The molecule has 9 heteroatoms. The van der Waals surface area contributed by atoms with Crippen molar-refractivity contribution in [2.24, 2.45) is 0 Å². The summed E-state index contributed by atoms with van der Waals surface area (Å²) in [5.41, 5.74) is 1.60. The second kappa shape index (κ2) is 8.41. The van der Waals surface area contributed by atoms with Crippen molar-refractivity contribution in [1.29, 1.82) is 0 Å². The first-order valence-corrected chi connectivity index (χ1v) is 12.5. The highest BCUT2D eigenvalue weighted by Gasteiger charge is 2.27. The summed E-state index contributed by atoms with van der Waals surface area (Å²) in [5.74, 6) is 1.10. The molecular weight excluding hydrogens is 424 g/mol. The fourth-order valence-corrected chi connectivity index (χ4v) is 6.27. The number of fused-ring (bicyclic) bond motifs is 2. The van der Waals surface area contributed by atoms with Gasteiger partial charge < -0.3 is 4.98 Å². The number of amides is 1. The number of nitrogens with zero attached hydrogens (tertiary/aromatic N) is 3. The van der Waals surface area contributed by atoms with Gasteiger partial charge in [-0.1, -0.05) is 6.08 Å². The van der Waals surface area contributed by atoms with Gasteiger partial charge in [-0.3, -0.25) is 14.5 Å². The zero-order valence-electron chi connectivity index (χ0n) is 16.4. The quantitative estimate of drug-likeness (QED) is 0.571. The van der Waals surface area contributed by atoms with Gasteiger partial charge in [0.2, 0.25) is 0 Å². The Bertz CT molecular complexity index is 1120. The van der Waals surface area contributed by atoms with E-state index < -0.39 is 0 Å². The molecule has 0 saturated heterocycles. The van der Waals surface area contributed by atoms with Crippen molar-refractivity contribution in [3.05, 3.63) is 49.8 Å². The molecule has 152 valence electrons. The Balaban J connectivity index is 1.76. The van der Waals surface area contributed by atoms with Gasteiger partial charge in [0, 0.05) is 11.4 Å². The first kappa shape index (κ1) is 20.3. The molecule has 3 heterocycles. The van der Waals surface area contributed by atoms with E-state index in [2.05, 4.69) is 16.5 Å². The topological polar surface area (TPSA) is 79.0 Å². The normalized spacial score (nSPS) is 13.4. The van der Waals surface area contributed by atoms with Crippen LogP contribution in [0.4, 0.5) is 5.13 Å². The average Bonchev–Trinajstić information content (AvgIpc) is 3.27. The lowest BCUT2D eigenvalue weighted by Gasteiger charge is -2.17. The minimum atomic E-state index is -0.188. The first-order valence-electron chi connectivity index (χ1n) is 9.46. The summed E-state index contributed by atoms with van der Waals surface area (Å²) in [6.45, 7) is 6.00. The third-order valence-corrected chi connectivity index (χ3v) is 7.86. The van der Waals surface area contributed by atoms with E-state index in [0.717, 1.165) is 25.0 Å². The molecule has 3 aromatic rings. The molecule has 0 atom stereocenters. The third kappa shape index (κ3) is 3.78. The number of H-pyrrole nitrogens is 1. The largest absolute Gasteiger partial charge is 0.309 e. The average molecular weight is 447 g/mol. The van der Waals surface area contributed by atoms with E-state index in [4.69, 9.17) is 4.98 Å². The number of hydrogen-bond acceptors (Lipinski definition) is 7. The van der Waals surface area contributed by atoms with Crippen LogP contribution < -0.4 is 10.5 Å². The Labute approximate surface area is 181 Å². The van der Waals surface area contributed by atoms with Crippen LogP contribution in [0.25, 0.3) is 10.2 Å². The Morgan fingerprint density at radius 1 is 1.31 bits per heavy atom. The Morgan fingerprint density at radius 2 is 2.10 bits per heavy atom. The summed E-state index contributed by atoms with van der Waals surface area (Å²) in [6, 6.07) is 0. The SMILES string of the molecule is C=CCN(C(=O)c1sc2nc(CSC)[nH]c(=O)c2c1C)c1nc2c(s1)CCCC2. The van der Waals surface area contributed by atoms with Gasteiger partial charge >= 0.3 is 0 Å². The Morgan fingerprint density at radius 3 is 2.83 bits per heavy atom. The second-order valence-electron chi connectivity index (χ2n) is 6.96. The summed E-state index contributed by atoms with van der Waals surface area (Å²) in [6.07, 6.45) is 7.99. The molecule has 1 aliphatic carbocycles. The summed E-state index contributed by atoms with van der Waals surface area (Å²) in [7, 11) is 0. The molecule has 4 rings (SSSR count). The van der Waals surface area contributed by atoms with E-state index >= 15 is 0 Å². The molecule has 6 nitrogen and oxygen atoms in total. The number of aromatic amines is 1. The number of anilines is 1. The maximum atomic E-state index is 13.5. The molecule has 0 fully saturated rings. The van der Waals surface area contributed by atoms with Crippen LogP contribution in [0.3, 0.4) is 0 Å². The van der Waals surface area contributed by atoms with Crippen LogP contribution in [0.5, 0.6) is 0 Å². The van der Waals surface area contributed by atoms with Crippen LogP contribution in [-0.4, -0.2) is 33.7 Å². The molecule has 1 aliphatic rings. The molecule has 3 aromatic heterocycles. The predicted molar refractivity (Wildman–Crippen MR) is 123 cm³/mol. The highest BCUT2D eigenvalue weighted by Crippen LogP contribution is 2.34. The number of rotatable bonds is 6. The number of hydrogen-bond donors (Lipinski definition) is 1. The minimum Gasteiger partial charge on any atom is -0.309 e. The molecule has 1 amide bonds. The van der Waals surface area contributed by atoms with Crippen molar-refractivity contribution in [3.8, 4) is 0 Å². The number of nitrogens with one attached hydrogen (secondary N) is 1. The van der Waals surface area contributed by atoms with Gasteiger partial charge in [-0.25, -0.2) is 9.97 Å². The summed E-state index contributed by atoms with van der Waals surface area (Å²) in [4.78, 5) is 42.3. The van der Waals surface area contributed by atoms with Gasteiger partial charge in [-0.05, 0) is 44.4 Å². The van der Waals surface area contributed by atoms with Gasteiger partial charge in [0.15, 0.2) is 5.13 Å². The third-order valence-electron chi connectivity index (χ3n) is 4.95. The van der Waals surface area contributed by atoms with Gasteiger partial charge in [-0.2, -0.15) is 11.8 Å². The highest BCUT2D eigenvalue weighted by atomic mass is 32.2. The number of aryl methyl sites for hydroxylation is 3. The van der Waals surface area contributed by atoms with Crippen LogP contribution in [0.1, 0.15) is 44.5 Å². The molecule has 29 heavy (non-hydrogen) atoms. The highest BCUT2D eigenvalue weighted by molar-refractivity contribution is 7.97. The molecule has 0 radical (unpaired) electrons. The standard InChI is InChI=1S/C20H22N4O2S3/c1-4-9-24(20-21-12-7-5-6-8-13(12)28-20)19(26)16-11(2)15-17(25)22-14(10-27-3)23-18(15)29-16/h4H,1,5-10H2,2-3H3,(H,22,23,25). The summed E-state index contributed by atoms with van der Waals surface area (Å²) in [5, 5.41) is 1.21. The van der Waals surface area contributed by atoms with Crippen LogP contribution in [-0.2, 0) is 18.6 Å². The van der Waals surface area contributed by atoms with Crippen molar-refractivity contribution < 1.29 is 4.79 Å². The van der Waals surface area contributed by atoms with E-state index in [0.29, 0.717) is 43.9 Å². The molecule has 0 saturated carbocycles.